The minimum atomic E-state index is -0.0446. The van der Waals surface area contributed by atoms with E-state index in [1.54, 1.807) is 0 Å². The quantitative estimate of drug-likeness (QED) is 0.562. The second-order valence-electron chi connectivity index (χ2n) is 7.42. The molecular weight excluding hydrogens is 364 g/mol. The fourth-order valence-electron chi connectivity index (χ4n) is 4.15. The van der Waals surface area contributed by atoms with Crippen molar-refractivity contribution in [2.75, 3.05) is 5.32 Å². The summed E-state index contributed by atoms with van der Waals surface area (Å²) in [5.41, 5.74) is 7.00. The number of rotatable bonds is 5. The van der Waals surface area contributed by atoms with Crippen LogP contribution in [0.4, 0.5) is 5.95 Å². The van der Waals surface area contributed by atoms with Gasteiger partial charge in [0.15, 0.2) is 5.65 Å². The molecule has 0 fully saturated rings. The Morgan fingerprint density at radius 2 is 1.86 bits per heavy atom. The lowest BCUT2D eigenvalue weighted by Crippen LogP contribution is -2.16. The average Bonchev–Trinajstić information content (AvgIpc) is 3.17. The maximum absolute atomic E-state index is 12.7. The molecule has 0 unspecified atom stereocenters. The number of nitrogens with zero attached hydrogens (tertiary/aromatic N) is 5. The Kier molecular flexibility index (Phi) is 4.82. The molecule has 0 bridgehead atoms. The Morgan fingerprint density at radius 3 is 2.62 bits per heavy atom. The first-order chi connectivity index (χ1) is 13.9. The van der Waals surface area contributed by atoms with Gasteiger partial charge < -0.3 is 4.57 Å². The van der Waals surface area contributed by atoms with E-state index in [-0.39, 0.29) is 5.91 Å². The van der Waals surface area contributed by atoms with Crippen LogP contribution in [0, 0.1) is 20.8 Å². The average molecular weight is 390 g/mol. The number of fused-ring (bicyclic) bond motifs is 2. The van der Waals surface area contributed by atoms with E-state index in [2.05, 4.69) is 22.3 Å². The van der Waals surface area contributed by atoms with Crippen molar-refractivity contribution in [3.63, 3.8) is 0 Å². The lowest BCUT2D eigenvalue weighted by Gasteiger charge is -2.12. The second kappa shape index (κ2) is 7.31. The van der Waals surface area contributed by atoms with E-state index in [9.17, 15) is 4.79 Å². The molecule has 0 aliphatic heterocycles. The first-order valence-electron chi connectivity index (χ1n) is 9.95. The molecule has 7 heteroatoms. The van der Waals surface area contributed by atoms with Gasteiger partial charge in [-0.3, -0.25) is 14.8 Å². The molecule has 0 saturated carbocycles. The molecule has 3 aromatic heterocycles. The van der Waals surface area contributed by atoms with E-state index in [0.717, 1.165) is 51.1 Å². The molecule has 0 saturated heterocycles. The third kappa shape index (κ3) is 3.26. The molecule has 0 aliphatic rings. The summed E-state index contributed by atoms with van der Waals surface area (Å²) < 4.78 is 3.84. The van der Waals surface area contributed by atoms with E-state index in [4.69, 9.17) is 4.98 Å². The van der Waals surface area contributed by atoms with Crippen LogP contribution < -0.4 is 5.32 Å². The zero-order chi connectivity index (χ0) is 20.7. The number of anilines is 1. The number of carbonyl (C=O) groups excluding carboxylic acids is 1. The Balaban J connectivity index is 1.56. The van der Waals surface area contributed by atoms with Crippen molar-refractivity contribution in [1.29, 1.82) is 0 Å². The zero-order valence-electron chi connectivity index (χ0n) is 17.6. The zero-order valence-corrected chi connectivity index (χ0v) is 17.6. The molecule has 0 aliphatic carbocycles. The summed E-state index contributed by atoms with van der Waals surface area (Å²) in [6, 6.07) is 7.92. The number of aryl methyl sites for hydroxylation is 5. The Morgan fingerprint density at radius 1 is 1.10 bits per heavy atom. The van der Waals surface area contributed by atoms with Crippen LogP contribution in [-0.4, -0.2) is 30.2 Å². The minimum absolute atomic E-state index is 0.0446. The van der Waals surface area contributed by atoms with Crippen LogP contribution in [0.25, 0.3) is 22.1 Å². The predicted octanol–water partition coefficient (Wildman–Crippen LogP) is 3.83. The molecule has 1 aromatic carbocycles. The third-order valence-corrected chi connectivity index (χ3v) is 5.55. The van der Waals surface area contributed by atoms with Crippen LogP contribution in [0.5, 0.6) is 0 Å². The number of aromatic nitrogens is 5. The topological polar surface area (TPSA) is 77.6 Å². The van der Waals surface area contributed by atoms with Gasteiger partial charge in [0.1, 0.15) is 0 Å². The molecule has 150 valence electrons. The summed E-state index contributed by atoms with van der Waals surface area (Å²) in [5.74, 6) is 0.556. The second-order valence-corrected chi connectivity index (χ2v) is 7.42. The maximum atomic E-state index is 12.7. The van der Waals surface area contributed by atoms with Gasteiger partial charge in [-0.2, -0.15) is 5.10 Å². The highest BCUT2D eigenvalue weighted by atomic mass is 16.1. The summed E-state index contributed by atoms with van der Waals surface area (Å²) in [7, 11) is 1.91. The smallest absolute Gasteiger partial charge is 0.227 e. The van der Waals surface area contributed by atoms with Gasteiger partial charge in [0.2, 0.25) is 11.9 Å². The van der Waals surface area contributed by atoms with Crippen molar-refractivity contribution in [2.45, 2.75) is 47.1 Å². The molecule has 0 radical (unpaired) electrons. The van der Waals surface area contributed by atoms with Crippen molar-refractivity contribution in [3.05, 3.63) is 46.8 Å². The Labute approximate surface area is 169 Å². The standard InChI is InChI=1S/C22H26N6O/c1-6-28-18-10-8-7-9-17(18)24-22(28)25-19(29)12-11-16-13(2)20-15(4)26-27(5)21(20)23-14(16)3/h7-10H,6,11-12H2,1-5H3,(H,24,25,29). The van der Waals surface area contributed by atoms with Crippen LogP contribution in [0.15, 0.2) is 24.3 Å². The van der Waals surface area contributed by atoms with Crippen molar-refractivity contribution in [2.24, 2.45) is 7.05 Å². The van der Waals surface area contributed by atoms with E-state index >= 15 is 0 Å². The third-order valence-electron chi connectivity index (χ3n) is 5.55. The van der Waals surface area contributed by atoms with Crippen molar-refractivity contribution < 1.29 is 4.79 Å². The molecule has 3 heterocycles. The van der Waals surface area contributed by atoms with Gasteiger partial charge >= 0.3 is 0 Å². The number of para-hydroxylation sites is 2. The van der Waals surface area contributed by atoms with Crippen LogP contribution in [0.3, 0.4) is 0 Å². The number of imidazole rings is 1. The summed E-state index contributed by atoms with van der Waals surface area (Å²) in [4.78, 5) is 22.0. The molecule has 0 spiro atoms. The van der Waals surface area contributed by atoms with E-state index in [0.29, 0.717) is 18.8 Å². The van der Waals surface area contributed by atoms with Crippen molar-refractivity contribution in [3.8, 4) is 0 Å². The summed E-state index contributed by atoms with van der Waals surface area (Å²) in [6.07, 6.45) is 1.01. The van der Waals surface area contributed by atoms with Crippen molar-refractivity contribution in [1.82, 2.24) is 24.3 Å². The number of hydrogen-bond donors (Lipinski definition) is 1. The van der Waals surface area contributed by atoms with Crippen LogP contribution in [0.2, 0.25) is 0 Å². The monoisotopic (exact) mass is 390 g/mol. The molecule has 7 nitrogen and oxygen atoms in total. The highest BCUT2D eigenvalue weighted by Gasteiger charge is 2.17. The SMILES string of the molecule is CCn1c(NC(=O)CCc2c(C)nc3c(c(C)nn3C)c2C)nc2ccccc21. The van der Waals surface area contributed by atoms with Gasteiger partial charge in [0, 0.05) is 31.1 Å². The molecule has 4 aromatic rings. The lowest BCUT2D eigenvalue weighted by atomic mass is 9.99. The van der Waals surface area contributed by atoms with E-state index < -0.39 is 0 Å². The Hall–Kier alpha value is -3.22. The minimum Gasteiger partial charge on any atom is -0.310 e. The van der Waals surface area contributed by atoms with Gasteiger partial charge in [-0.25, -0.2) is 9.97 Å². The Bertz CT molecular complexity index is 1230. The largest absolute Gasteiger partial charge is 0.310 e. The van der Waals surface area contributed by atoms with Gasteiger partial charge in [-0.1, -0.05) is 12.1 Å². The molecule has 0 atom stereocenters. The highest BCUT2D eigenvalue weighted by Crippen LogP contribution is 2.26. The molecule has 29 heavy (non-hydrogen) atoms. The summed E-state index contributed by atoms with van der Waals surface area (Å²) in [6.45, 7) is 8.88. The fourth-order valence-corrected chi connectivity index (χ4v) is 4.15. The van der Waals surface area contributed by atoms with Gasteiger partial charge in [0.05, 0.1) is 16.7 Å². The highest BCUT2D eigenvalue weighted by molar-refractivity contribution is 5.92. The van der Waals surface area contributed by atoms with Crippen LogP contribution in [-0.2, 0) is 24.8 Å². The van der Waals surface area contributed by atoms with Gasteiger partial charge in [-0.15, -0.1) is 0 Å². The molecular formula is C22H26N6O. The number of carbonyl (C=O) groups is 1. The van der Waals surface area contributed by atoms with E-state index in [1.807, 2.05) is 61.3 Å². The normalized spacial score (nSPS) is 11.5. The summed E-state index contributed by atoms with van der Waals surface area (Å²) in [5, 5.41) is 8.56. The lowest BCUT2D eigenvalue weighted by molar-refractivity contribution is -0.116. The number of amides is 1. The van der Waals surface area contributed by atoms with Crippen LogP contribution >= 0.6 is 0 Å². The molecule has 1 N–H and O–H groups in total. The number of benzene rings is 1. The number of hydrogen-bond acceptors (Lipinski definition) is 4. The summed E-state index contributed by atoms with van der Waals surface area (Å²) >= 11 is 0. The number of pyridine rings is 1. The van der Waals surface area contributed by atoms with Crippen LogP contribution in [0.1, 0.15) is 35.9 Å². The van der Waals surface area contributed by atoms with Gasteiger partial charge in [-0.05, 0) is 57.4 Å². The molecule has 1 amide bonds. The van der Waals surface area contributed by atoms with E-state index in [1.165, 1.54) is 0 Å². The molecule has 4 rings (SSSR count). The van der Waals surface area contributed by atoms with Crippen molar-refractivity contribution >= 4 is 33.9 Å². The fraction of sp³-hybridized carbons (Fsp3) is 0.364. The first kappa shape index (κ1) is 19.1. The number of nitrogens with one attached hydrogen (secondary N) is 1. The predicted molar refractivity (Wildman–Crippen MR) is 115 cm³/mol. The first-order valence-corrected chi connectivity index (χ1v) is 9.95. The van der Waals surface area contributed by atoms with Gasteiger partial charge in [0.25, 0.3) is 0 Å². The maximum Gasteiger partial charge on any atom is 0.227 e.